The molecule has 1 heterocycles. The van der Waals surface area contributed by atoms with Gasteiger partial charge in [-0.1, -0.05) is 19.9 Å². The van der Waals surface area contributed by atoms with Crippen LogP contribution in [0.3, 0.4) is 0 Å². The largest absolute Gasteiger partial charge is 0.493 e. The van der Waals surface area contributed by atoms with Gasteiger partial charge in [-0.3, -0.25) is 4.79 Å². The summed E-state index contributed by atoms with van der Waals surface area (Å²) >= 11 is 0. The molecule has 1 N–H and O–H groups in total. The minimum atomic E-state index is -0.247. The van der Waals surface area contributed by atoms with Crippen LogP contribution in [0.5, 0.6) is 11.5 Å². The number of nitrogens with zero attached hydrogens (tertiary/aromatic N) is 2. The van der Waals surface area contributed by atoms with Gasteiger partial charge < -0.3 is 19.2 Å². The third kappa shape index (κ3) is 5.13. The molecule has 1 aromatic heterocycles. The lowest BCUT2D eigenvalue weighted by atomic mass is 10.1. The van der Waals surface area contributed by atoms with Gasteiger partial charge in [0.05, 0.1) is 13.7 Å². The Kier molecular flexibility index (Phi) is 6.49. The molecule has 7 nitrogen and oxygen atoms in total. The fourth-order valence-electron chi connectivity index (χ4n) is 2.72. The molecule has 0 fully saturated rings. The summed E-state index contributed by atoms with van der Waals surface area (Å²) in [5.74, 6) is 1.85. The minimum Gasteiger partial charge on any atom is -0.493 e. The van der Waals surface area contributed by atoms with E-state index in [0.717, 1.165) is 17.5 Å². The van der Waals surface area contributed by atoms with Gasteiger partial charge in [-0.25, -0.2) is 0 Å². The van der Waals surface area contributed by atoms with Crippen molar-refractivity contribution in [2.45, 2.75) is 27.2 Å². The number of hydrogen-bond donors (Lipinski definition) is 1. The monoisotopic (exact) mass is 395 g/mol. The number of benzene rings is 2. The lowest BCUT2D eigenvalue weighted by molar-refractivity contribution is 0.102. The van der Waals surface area contributed by atoms with Crippen LogP contribution in [0.25, 0.3) is 11.5 Å². The highest BCUT2D eigenvalue weighted by Gasteiger charge is 2.14. The molecule has 0 aliphatic rings. The molecule has 0 radical (unpaired) electrons. The van der Waals surface area contributed by atoms with Crippen LogP contribution >= 0.6 is 0 Å². The number of anilines is 1. The van der Waals surface area contributed by atoms with E-state index in [1.54, 1.807) is 31.4 Å². The maximum Gasteiger partial charge on any atom is 0.255 e. The van der Waals surface area contributed by atoms with Crippen molar-refractivity contribution in [3.8, 4) is 23.0 Å². The maximum absolute atomic E-state index is 12.8. The van der Waals surface area contributed by atoms with E-state index in [9.17, 15) is 4.79 Å². The Hall–Kier alpha value is -3.35. The van der Waals surface area contributed by atoms with Crippen LogP contribution in [-0.4, -0.2) is 29.8 Å². The SMILES string of the molecule is COc1cc(C(=O)Nc2cc(-c3nnco3)ccc2C)ccc1OCCC(C)C. The number of hydrogen-bond acceptors (Lipinski definition) is 6. The summed E-state index contributed by atoms with van der Waals surface area (Å²) < 4.78 is 16.4. The maximum atomic E-state index is 12.8. The summed E-state index contributed by atoms with van der Waals surface area (Å²) in [7, 11) is 1.56. The molecule has 0 saturated heterocycles. The number of methoxy groups -OCH3 is 1. The lowest BCUT2D eigenvalue weighted by Crippen LogP contribution is -2.13. The molecule has 0 unspecified atom stereocenters. The van der Waals surface area contributed by atoms with Crippen LogP contribution < -0.4 is 14.8 Å². The number of carbonyl (C=O) groups excluding carboxylic acids is 1. The summed E-state index contributed by atoms with van der Waals surface area (Å²) in [6.07, 6.45) is 2.21. The van der Waals surface area contributed by atoms with E-state index in [1.807, 2.05) is 19.1 Å². The van der Waals surface area contributed by atoms with Gasteiger partial charge >= 0.3 is 0 Å². The van der Waals surface area contributed by atoms with Gasteiger partial charge in [-0.15, -0.1) is 10.2 Å². The van der Waals surface area contributed by atoms with Crippen molar-refractivity contribution in [3.63, 3.8) is 0 Å². The molecule has 2 aromatic carbocycles. The molecule has 152 valence electrons. The predicted octanol–water partition coefficient (Wildman–Crippen LogP) is 4.73. The number of nitrogens with one attached hydrogen (secondary N) is 1. The Balaban J connectivity index is 1.76. The van der Waals surface area contributed by atoms with Crippen LogP contribution in [0.15, 0.2) is 47.2 Å². The molecule has 0 spiro atoms. The summed E-state index contributed by atoms with van der Waals surface area (Å²) in [5.41, 5.74) is 2.79. The van der Waals surface area contributed by atoms with Gasteiger partial charge in [0.15, 0.2) is 11.5 Å². The Morgan fingerprint density at radius 2 is 2.00 bits per heavy atom. The van der Waals surface area contributed by atoms with Crippen molar-refractivity contribution in [2.75, 3.05) is 19.0 Å². The number of carbonyl (C=O) groups is 1. The molecule has 0 saturated carbocycles. The zero-order valence-corrected chi connectivity index (χ0v) is 17.1. The van der Waals surface area contributed by atoms with Crippen molar-refractivity contribution in [3.05, 3.63) is 53.9 Å². The van der Waals surface area contributed by atoms with E-state index < -0.39 is 0 Å². The number of ether oxygens (including phenoxy) is 2. The standard InChI is InChI=1S/C22H25N3O4/c1-14(2)9-10-28-19-8-7-16(12-20(19)27-4)21(26)24-18-11-17(6-5-15(18)3)22-25-23-13-29-22/h5-8,11-14H,9-10H2,1-4H3,(H,24,26). The number of aromatic nitrogens is 2. The summed E-state index contributed by atoms with van der Waals surface area (Å²) in [4.78, 5) is 12.8. The molecule has 29 heavy (non-hydrogen) atoms. The van der Waals surface area contributed by atoms with Crippen molar-refractivity contribution in [2.24, 2.45) is 5.92 Å². The van der Waals surface area contributed by atoms with Crippen LogP contribution in [0, 0.1) is 12.8 Å². The smallest absolute Gasteiger partial charge is 0.255 e. The fourth-order valence-corrected chi connectivity index (χ4v) is 2.72. The second kappa shape index (κ2) is 9.23. The number of rotatable bonds is 8. The first-order valence-corrected chi connectivity index (χ1v) is 9.47. The van der Waals surface area contributed by atoms with Gasteiger partial charge in [-0.05, 0) is 55.2 Å². The van der Waals surface area contributed by atoms with Gasteiger partial charge in [0.2, 0.25) is 12.3 Å². The van der Waals surface area contributed by atoms with Crippen molar-refractivity contribution in [1.82, 2.24) is 10.2 Å². The van der Waals surface area contributed by atoms with E-state index in [1.165, 1.54) is 6.39 Å². The first-order valence-electron chi connectivity index (χ1n) is 9.47. The van der Waals surface area contributed by atoms with E-state index in [-0.39, 0.29) is 5.91 Å². The van der Waals surface area contributed by atoms with E-state index >= 15 is 0 Å². The second-order valence-electron chi connectivity index (χ2n) is 7.12. The van der Waals surface area contributed by atoms with Gasteiger partial charge in [0, 0.05) is 16.8 Å². The van der Waals surface area contributed by atoms with E-state index in [2.05, 4.69) is 29.4 Å². The van der Waals surface area contributed by atoms with Crippen LogP contribution in [0.1, 0.15) is 36.2 Å². The molecule has 0 aliphatic carbocycles. The zero-order valence-electron chi connectivity index (χ0n) is 17.1. The highest BCUT2D eigenvalue weighted by Crippen LogP contribution is 2.29. The quantitative estimate of drug-likeness (QED) is 0.593. The lowest BCUT2D eigenvalue weighted by Gasteiger charge is -2.14. The molecule has 1 amide bonds. The number of aryl methyl sites for hydroxylation is 1. The zero-order chi connectivity index (χ0) is 20.8. The Labute approximate surface area is 170 Å². The Morgan fingerprint density at radius 1 is 1.17 bits per heavy atom. The van der Waals surface area contributed by atoms with Crippen molar-refractivity contribution in [1.29, 1.82) is 0 Å². The second-order valence-corrected chi connectivity index (χ2v) is 7.12. The third-order valence-corrected chi connectivity index (χ3v) is 4.47. The average Bonchev–Trinajstić information content (AvgIpc) is 3.24. The minimum absolute atomic E-state index is 0.247. The first kappa shape index (κ1) is 20.4. The summed E-state index contributed by atoms with van der Waals surface area (Å²) in [5, 5.41) is 10.5. The van der Waals surface area contributed by atoms with Gasteiger partial charge in [0.1, 0.15) is 0 Å². The molecule has 0 bridgehead atoms. The molecule has 3 rings (SSSR count). The molecular formula is C22H25N3O4. The van der Waals surface area contributed by atoms with Crippen molar-refractivity contribution >= 4 is 11.6 Å². The molecule has 0 aliphatic heterocycles. The predicted molar refractivity (Wildman–Crippen MR) is 110 cm³/mol. The molecule has 7 heteroatoms. The summed E-state index contributed by atoms with van der Waals surface area (Å²) in [6.45, 7) is 6.80. The van der Waals surface area contributed by atoms with E-state index in [4.69, 9.17) is 13.9 Å². The van der Waals surface area contributed by atoms with Crippen molar-refractivity contribution < 1.29 is 18.7 Å². The fraction of sp³-hybridized carbons (Fsp3) is 0.318. The van der Waals surface area contributed by atoms with Gasteiger partial charge in [-0.2, -0.15) is 0 Å². The first-order chi connectivity index (χ1) is 14.0. The molecule has 3 aromatic rings. The van der Waals surface area contributed by atoms with Crippen LogP contribution in [-0.2, 0) is 0 Å². The molecular weight excluding hydrogens is 370 g/mol. The number of amides is 1. The third-order valence-electron chi connectivity index (χ3n) is 4.47. The molecule has 0 atom stereocenters. The Bertz CT molecular complexity index is 968. The highest BCUT2D eigenvalue weighted by molar-refractivity contribution is 6.05. The normalized spacial score (nSPS) is 10.8. The van der Waals surface area contributed by atoms with E-state index in [0.29, 0.717) is 41.2 Å². The Morgan fingerprint density at radius 3 is 2.69 bits per heavy atom. The average molecular weight is 395 g/mol. The van der Waals surface area contributed by atoms with Gasteiger partial charge in [0.25, 0.3) is 5.91 Å². The highest BCUT2D eigenvalue weighted by atomic mass is 16.5. The van der Waals surface area contributed by atoms with Crippen LogP contribution in [0.4, 0.5) is 5.69 Å². The summed E-state index contributed by atoms with van der Waals surface area (Å²) in [6, 6.07) is 10.7. The topological polar surface area (TPSA) is 86.5 Å². The van der Waals surface area contributed by atoms with Crippen LogP contribution in [0.2, 0.25) is 0 Å².